The summed E-state index contributed by atoms with van der Waals surface area (Å²) in [7, 11) is 0. The molecule has 2 aromatic carbocycles. The number of aromatic nitrogens is 1. The monoisotopic (exact) mass is 447 g/mol. The summed E-state index contributed by atoms with van der Waals surface area (Å²) in [4.78, 5) is 0. The van der Waals surface area contributed by atoms with Crippen molar-refractivity contribution < 1.29 is 9.67 Å². The molecular weight excluding hydrogens is 402 g/mol. The van der Waals surface area contributed by atoms with Crippen molar-refractivity contribution in [2.45, 2.75) is 103 Å². The van der Waals surface area contributed by atoms with E-state index >= 15 is 0 Å². The van der Waals surface area contributed by atoms with Crippen LogP contribution in [0, 0.1) is 0 Å². The second kappa shape index (κ2) is 18.1. The van der Waals surface area contributed by atoms with E-state index in [1.165, 1.54) is 96.4 Å². The number of rotatable bonds is 15. The van der Waals surface area contributed by atoms with Gasteiger partial charge in [0.1, 0.15) is 6.54 Å². The molecule has 2 heteroatoms. The third-order valence-electron chi connectivity index (χ3n) is 6.30. The second-order valence-corrected chi connectivity index (χ2v) is 9.19. The molecule has 0 saturated heterocycles. The van der Waals surface area contributed by atoms with E-state index in [9.17, 15) is 5.11 Å². The number of unbranched alkanes of at least 4 members (excludes halogenated alkanes) is 13. The van der Waals surface area contributed by atoms with Gasteiger partial charge >= 0.3 is 0 Å². The number of benzene rings is 2. The van der Waals surface area contributed by atoms with Crippen molar-refractivity contribution in [3.05, 3.63) is 73.1 Å². The zero-order chi connectivity index (χ0) is 23.4. The van der Waals surface area contributed by atoms with E-state index in [1.807, 2.05) is 30.3 Å². The van der Waals surface area contributed by atoms with Crippen molar-refractivity contribution in [2.24, 2.45) is 0 Å². The highest BCUT2D eigenvalue weighted by Gasteiger charge is 1.98. The predicted octanol–water partition coefficient (Wildman–Crippen LogP) is 8.37. The lowest BCUT2D eigenvalue weighted by molar-refractivity contribution is -0.697. The molecule has 0 amide bonds. The Hall–Kier alpha value is -2.35. The predicted molar refractivity (Wildman–Crippen MR) is 140 cm³/mol. The Labute approximate surface area is 202 Å². The zero-order valence-electron chi connectivity index (χ0n) is 20.9. The lowest BCUT2D eigenvalue weighted by Gasteiger charge is -2.08. The first kappa shape index (κ1) is 26.9. The molecule has 0 spiro atoms. The van der Waals surface area contributed by atoms with Gasteiger partial charge in [-0.2, -0.15) is 0 Å². The standard InChI is InChI=1S/C21H38N.C10H8O/c1-2-3-4-5-6-7-8-9-10-11-12-13-14-16-19-22-20-17-15-18-21-22;11-10-7-3-5-8-4-1-2-6-9(8)10/h15,17-18,20-21H,2-14,16,19H2,1H3;1-7,11H/q+1;/p-1. The summed E-state index contributed by atoms with van der Waals surface area (Å²) in [6.45, 7) is 3.47. The Kier molecular flexibility index (Phi) is 14.8. The average Bonchev–Trinajstić information content (AvgIpc) is 2.86. The summed E-state index contributed by atoms with van der Waals surface area (Å²) in [6, 6.07) is 19.2. The Balaban J connectivity index is 0.000000288. The van der Waals surface area contributed by atoms with Gasteiger partial charge in [-0.15, -0.1) is 5.75 Å². The van der Waals surface area contributed by atoms with Crippen molar-refractivity contribution in [1.29, 1.82) is 0 Å². The van der Waals surface area contributed by atoms with E-state index in [0.29, 0.717) is 0 Å². The molecule has 0 fully saturated rings. The smallest absolute Gasteiger partial charge is 0.168 e. The van der Waals surface area contributed by atoms with Crippen LogP contribution in [0.15, 0.2) is 73.1 Å². The molecule has 0 aliphatic rings. The fourth-order valence-corrected chi connectivity index (χ4v) is 4.27. The highest BCUT2D eigenvalue weighted by Crippen LogP contribution is 2.20. The third kappa shape index (κ3) is 12.5. The van der Waals surface area contributed by atoms with Gasteiger partial charge in [0.25, 0.3) is 0 Å². The number of fused-ring (bicyclic) bond motifs is 1. The summed E-state index contributed by atoms with van der Waals surface area (Å²) in [5.41, 5.74) is 0. The number of aryl methyl sites for hydroxylation is 1. The number of pyridine rings is 1. The van der Waals surface area contributed by atoms with Crippen molar-refractivity contribution in [3.63, 3.8) is 0 Å². The maximum Gasteiger partial charge on any atom is 0.168 e. The molecule has 2 nitrogen and oxygen atoms in total. The van der Waals surface area contributed by atoms with Crippen LogP contribution >= 0.6 is 0 Å². The Morgan fingerprint density at radius 3 is 1.64 bits per heavy atom. The molecule has 1 aromatic heterocycles. The second-order valence-electron chi connectivity index (χ2n) is 9.19. The molecule has 3 rings (SSSR count). The highest BCUT2D eigenvalue weighted by molar-refractivity contribution is 5.87. The number of nitrogens with zero attached hydrogens (tertiary/aromatic N) is 1. The first-order valence-electron chi connectivity index (χ1n) is 13.4. The fraction of sp³-hybridized carbons (Fsp3) is 0.516. The molecular formula is C31H45NO. The van der Waals surface area contributed by atoms with Crippen LogP contribution in [0.2, 0.25) is 0 Å². The minimum atomic E-state index is 0.100. The van der Waals surface area contributed by atoms with Crippen molar-refractivity contribution in [1.82, 2.24) is 0 Å². The van der Waals surface area contributed by atoms with E-state index in [-0.39, 0.29) is 5.75 Å². The first-order valence-corrected chi connectivity index (χ1v) is 13.4. The maximum absolute atomic E-state index is 11.2. The van der Waals surface area contributed by atoms with E-state index < -0.39 is 0 Å². The van der Waals surface area contributed by atoms with Gasteiger partial charge in [-0.25, -0.2) is 4.57 Å². The van der Waals surface area contributed by atoms with Crippen molar-refractivity contribution in [2.75, 3.05) is 0 Å². The number of hydrogen-bond donors (Lipinski definition) is 0. The molecule has 0 saturated carbocycles. The average molecular weight is 448 g/mol. The van der Waals surface area contributed by atoms with Gasteiger partial charge in [-0.05, 0) is 17.2 Å². The van der Waals surface area contributed by atoms with Gasteiger partial charge in [0, 0.05) is 18.6 Å². The highest BCUT2D eigenvalue weighted by atomic mass is 16.3. The summed E-state index contributed by atoms with van der Waals surface area (Å²) in [6.07, 6.45) is 24.4. The topological polar surface area (TPSA) is 26.9 Å². The molecule has 0 N–H and O–H groups in total. The fourth-order valence-electron chi connectivity index (χ4n) is 4.27. The molecule has 0 radical (unpaired) electrons. The molecule has 0 aliphatic carbocycles. The van der Waals surface area contributed by atoms with E-state index in [0.717, 1.165) is 10.8 Å². The van der Waals surface area contributed by atoms with E-state index in [2.05, 4.69) is 42.1 Å². The Morgan fingerprint density at radius 1 is 0.545 bits per heavy atom. The lowest BCUT2D eigenvalue weighted by Crippen LogP contribution is -2.32. The van der Waals surface area contributed by atoms with Crippen molar-refractivity contribution >= 4 is 10.8 Å². The van der Waals surface area contributed by atoms with Crippen LogP contribution in [0.3, 0.4) is 0 Å². The first-order chi connectivity index (χ1) is 16.3. The van der Waals surface area contributed by atoms with Gasteiger partial charge in [-0.3, -0.25) is 0 Å². The van der Waals surface area contributed by atoms with Crippen LogP contribution in [-0.2, 0) is 6.54 Å². The molecule has 1 heterocycles. The minimum Gasteiger partial charge on any atom is -0.872 e. The largest absolute Gasteiger partial charge is 0.872 e. The Morgan fingerprint density at radius 2 is 1.06 bits per heavy atom. The molecule has 33 heavy (non-hydrogen) atoms. The lowest BCUT2D eigenvalue weighted by atomic mass is 10.0. The molecule has 0 aliphatic heterocycles. The summed E-state index contributed by atoms with van der Waals surface area (Å²) < 4.78 is 2.29. The van der Waals surface area contributed by atoms with Gasteiger partial charge in [0.2, 0.25) is 0 Å². The van der Waals surface area contributed by atoms with Crippen molar-refractivity contribution in [3.8, 4) is 5.75 Å². The maximum atomic E-state index is 11.2. The Bertz CT molecular complexity index is 840. The van der Waals surface area contributed by atoms with Crippen LogP contribution < -0.4 is 9.67 Å². The van der Waals surface area contributed by atoms with E-state index in [1.54, 1.807) is 12.1 Å². The van der Waals surface area contributed by atoms with Gasteiger partial charge in [0.15, 0.2) is 12.4 Å². The van der Waals surface area contributed by atoms with Crippen LogP contribution in [0.4, 0.5) is 0 Å². The quantitative estimate of drug-likeness (QED) is 0.170. The van der Waals surface area contributed by atoms with Gasteiger partial charge in [0.05, 0.1) is 0 Å². The third-order valence-corrected chi connectivity index (χ3v) is 6.30. The molecule has 0 bridgehead atoms. The van der Waals surface area contributed by atoms with Crippen LogP contribution in [0.25, 0.3) is 10.8 Å². The normalized spacial score (nSPS) is 10.7. The van der Waals surface area contributed by atoms with Crippen LogP contribution in [0.1, 0.15) is 96.8 Å². The van der Waals surface area contributed by atoms with E-state index in [4.69, 9.17) is 0 Å². The molecule has 180 valence electrons. The van der Waals surface area contributed by atoms with Gasteiger partial charge in [-0.1, -0.05) is 133 Å². The number of hydrogen-bond acceptors (Lipinski definition) is 1. The molecule has 3 aromatic rings. The SMILES string of the molecule is CCCCCCCCCCCCCCCC[n+]1ccccc1.[O-]c1cccc2ccccc12. The molecule has 0 unspecified atom stereocenters. The summed E-state index contributed by atoms with van der Waals surface area (Å²) in [5, 5.41) is 13.0. The van der Waals surface area contributed by atoms with Crippen LogP contribution in [-0.4, -0.2) is 0 Å². The van der Waals surface area contributed by atoms with Gasteiger partial charge < -0.3 is 5.11 Å². The summed E-state index contributed by atoms with van der Waals surface area (Å²) >= 11 is 0. The zero-order valence-corrected chi connectivity index (χ0v) is 20.9. The van der Waals surface area contributed by atoms with Crippen LogP contribution in [0.5, 0.6) is 5.75 Å². The molecule has 0 atom stereocenters. The summed E-state index contributed by atoms with van der Waals surface area (Å²) in [5.74, 6) is 0.100. The minimum absolute atomic E-state index is 0.100.